The predicted molar refractivity (Wildman–Crippen MR) is 57.5 cm³/mol. The molecule has 1 unspecified atom stereocenters. The van der Waals surface area contributed by atoms with E-state index >= 15 is 0 Å². The van der Waals surface area contributed by atoms with Crippen LogP contribution in [-0.2, 0) is 4.79 Å². The van der Waals surface area contributed by atoms with E-state index in [1.165, 1.54) is 18.2 Å². The molecule has 16 heavy (non-hydrogen) atoms. The van der Waals surface area contributed by atoms with Crippen molar-refractivity contribution in [1.29, 1.82) is 0 Å². The molecule has 1 aromatic rings. The molecular weight excluding hydrogens is 261 g/mol. The quantitative estimate of drug-likeness (QED) is 0.902. The highest BCUT2D eigenvalue weighted by Gasteiger charge is 2.25. The first kappa shape index (κ1) is 13.2. The highest BCUT2D eigenvalue weighted by atomic mass is 35.5. The van der Waals surface area contributed by atoms with Crippen LogP contribution in [0.3, 0.4) is 0 Å². The van der Waals surface area contributed by atoms with E-state index in [1.54, 1.807) is 0 Å². The topological polar surface area (TPSA) is 37.3 Å². The van der Waals surface area contributed by atoms with E-state index < -0.39 is 24.7 Å². The van der Waals surface area contributed by atoms with E-state index in [9.17, 15) is 13.6 Å². The third-order valence-electron chi connectivity index (χ3n) is 2.01. The zero-order valence-electron chi connectivity index (χ0n) is 7.96. The number of carboxylic acid groups (broad SMARTS) is 1. The fraction of sp³-hybridized carbons (Fsp3) is 0.300. The number of aliphatic carboxylic acids is 1. The smallest absolute Gasteiger partial charge is 0.304 e. The lowest BCUT2D eigenvalue weighted by molar-refractivity contribution is -0.138. The summed E-state index contributed by atoms with van der Waals surface area (Å²) in [4.78, 5) is 10.5. The number of rotatable bonds is 4. The van der Waals surface area contributed by atoms with E-state index in [0.717, 1.165) is 0 Å². The maximum Gasteiger partial charge on any atom is 0.304 e. The van der Waals surface area contributed by atoms with Gasteiger partial charge in [-0.25, -0.2) is 8.78 Å². The number of alkyl halides is 2. The van der Waals surface area contributed by atoms with Gasteiger partial charge in [-0.2, -0.15) is 0 Å². The van der Waals surface area contributed by atoms with E-state index in [-0.39, 0.29) is 15.6 Å². The maximum absolute atomic E-state index is 12.7. The molecule has 0 aliphatic rings. The molecule has 0 saturated carbocycles. The molecule has 1 aromatic carbocycles. The number of halogens is 4. The van der Waals surface area contributed by atoms with Crippen LogP contribution in [0.5, 0.6) is 0 Å². The van der Waals surface area contributed by atoms with Gasteiger partial charge in [0.05, 0.1) is 12.3 Å². The number of carboxylic acids is 1. The Labute approximate surface area is 101 Å². The van der Waals surface area contributed by atoms with Gasteiger partial charge in [0.15, 0.2) is 0 Å². The van der Waals surface area contributed by atoms with Crippen LogP contribution in [0.25, 0.3) is 0 Å². The lowest BCUT2D eigenvalue weighted by Crippen LogP contribution is -2.14. The molecule has 1 atom stereocenters. The van der Waals surface area contributed by atoms with Gasteiger partial charge >= 0.3 is 5.97 Å². The summed E-state index contributed by atoms with van der Waals surface area (Å²) in [5, 5.41) is 8.95. The third-order valence-corrected chi connectivity index (χ3v) is 2.45. The van der Waals surface area contributed by atoms with Crippen molar-refractivity contribution in [2.24, 2.45) is 0 Å². The van der Waals surface area contributed by atoms with Crippen molar-refractivity contribution >= 4 is 29.2 Å². The second-order valence-corrected chi connectivity index (χ2v) is 4.11. The molecule has 0 saturated heterocycles. The van der Waals surface area contributed by atoms with Crippen molar-refractivity contribution < 1.29 is 18.7 Å². The van der Waals surface area contributed by atoms with Crippen LogP contribution in [0.2, 0.25) is 10.0 Å². The number of hydrogen-bond acceptors (Lipinski definition) is 1. The molecule has 0 aliphatic heterocycles. The van der Waals surface area contributed by atoms with E-state index in [1.807, 2.05) is 0 Å². The Morgan fingerprint density at radius 1 is 1.25 bits per heavy atom. The molecule has 2 nitrogen and oxygen atoms in total. The molecule has 0 aromatic heterocycles. The second kappa shape index (κ2) is 5.46. The third kappa shape index (κ3) is 3.61. The monoisotopic (exact) mass is 268 g/mol. The molecule has 1 N–H and O–H groups in total. The summed E-state index contributed by atoms with van der Waals surface area (Å²) in [7, 11) is 0. The Kier molecular flexibility index (Phi) is 4.50. The van der Waals surface area contributed by atoms with Gasteiger partial charge in [0.25, 0.3) is 0 Å². The van der Waals surface area contributed by atoms with Gasteiger partial charge in [-0.15, -0.1) is 0 Å². The molecule has 0 amide bonds. The predicted octanol–water partition coefficient (Wildman–Crippen LogP) is 3.82. The molecule has 88 valence electrons. The van der Waals surface area contributed by atoms with Crippen molar-refractivity contribution in [3.8, 4) is 0 Å². The van der Waals surface area contributed by atoms with Gasteiger partial charge in [-0.3, -0.25) is 4.79 Å². The second-order valence-electron chi connectivity index (χ2n) is 3.24. The van der Waals surface area contributed by atoms with Crippen LogP contribution in [0.15, 0.2) is 18.2 Å². The average Bonchev–Trinajstić information content (AvgIpc) is 2.11. The highest BCUT2D eigenvalue weighted by Crippen LogP contribution is 2.31. The lowest BCUT2D eigenvalue weighted by atomic mass is 9.96. The van der Waals surface area contributed by atoms with Crippen LogP contribution in [0.4, 0.5) is 8.78 Å². The van der Waals surface area contributed by atoms with Crippen LogP contribution < -0.4 is 0 Å². The first-order chi connectivity index (χ1) is 7.40. The summed E-state index contributed by atoms with van der Waals surface area (Å²) < 4.78 is 25.3. The molecule has 0 spiro atoms. The van der Waals surface area contributed by atoms with E-state index in [2.05, 4.69) is 0 Å². The number of benzene rings is 1. The summed E-state index contributed by atoms with van der Waals surface area (Å²) >= 11 is 11.3. The summed E-state index contributed by atoms with van der Waals surface area (Å²) in [5.41, 5.74) is 0.134. The Morgan fingerprint density at radius 2 is 1.75 bits per heavy atom. The minimum absolute atomic E-state index is 0.134. The fourth-order valence-electron chi connectivity index (χ4n) is 1.33. The molecule has 0 fully saturated rings. The minimum atomic E-state index is -2.77. The molecular formula is C10H8Cl2F2O2. The molecule has 1 rings (SSSR count). The van der Waals surface area contributed by atoms with Gasteiger partial charge in [-0.1, -0.05) is 23.2 Å². The van der Waals surface area contributed by atoms with Crippen LogP contribution >= 0.6 is 23.2 Å². The van der Waals surface area contributed by atoms with Crippen molar-refractivity contribution in [2.75, 3.05) is 0 Å². The van der Waals surface area contributed by atoms with Gasteiger partial charge in [-0.05, 0) is 23.8 Å². The van der Waals surface area contributed by atoms with Crippen molar-refractivity contribution in [3.63, 3.8) is 0 Å². The van der Waals surface area contributed by atoms with Crippen molar-refractivity contribution in [1.82, 2.24) is 0 Å². The summed E-state index contributed by atoms with van der Waals surface area (Å²) in [5.74, 6) is -2.69. The molecule has 0 heterocycles. The maximum atomic E-state index is 12.7. The first-order valence-corrected chi connectivity index (χ1v) is 5.11. The minimum Gasteiger partial charge on any atom is -0.481 e. The summed E-state index contributed by atoms with van der Waals surface area (Å²) in [6, 6.07) is 4.00. The highest BCUT2D eigenvalue weighted by molar-refractivity contribution is 6.34. The van der Waals surface area contributed by atoms with Gasteiger partial charge < -0.3 is 5.11 Å². The van der Waals surface area contributed by atoms with Crippen molar-refractivity contribution in [2.45, 2.75) is 18.8 Å². The Balaban J connectivity index is 3.05. The summed E-state index contributed by atoms with van der Waals surface area (Å²) in [6.45, 7) is 0. The van der Waals surface area contributed by atoms with Crippen LogP contribution in [-0.4, -0.2) is 17.5 Å². The van der Waals surface area contributed by atoms with Gasteiger partial charge in [0.2, 0.25) is 6.43 Å². The normalized spacial score (nSPS) is 12.8. The molecule has 0 aliphatic carbocycles. The lowest BCUT2D eigenvalue weighted by Gasteiger charge is -2.14. The molecule has 6 heteroatoms. The fourth-order valence-corrected chi connectivity index (χ4v) is 1.87. The zero-order valence-corrected chi connectivity index (χ0v) is 9.47. The number of carbonyl (C=O) groups is 1. The van der Waals surface area contributed by atoms with E-state index in [0.29, 0.717) is 0 Å². The molecule has 0 bridgehead atoms. The van der Waals surface area contributed by atoms with Crippen LogP contribution in [0, 0.1) is 0 Å². The van der Waals surface area contributed by atoms with Crippen LogP contribution in [0.1, 0.15) is 17.9 Å². The standard InChI is InChI=1S/C10H8Cl2F2O2/c11-6-1-5(2-7(12)3-6)8(10(13)14)4-9(15)16/h1-3,8,10H,4H2,(H,15,16). The van der Waals surface area contributed by atoms with Gasteiger partial charge in [0.1, 0.15) is 0 Å². The van der Waals surface area contributed by atoms with Crippen molar-refractivity contribution in [3.05, 3.63) is 33.8 Å². The zero-order chi connectivity index (χ0) is 12.3. The first-order valence-electron chi connectivity index (χ1n) is 4.36. The average molecular weight is 269 g/mol. The Bertz CT molecular complexity index is 376. The molecule has 0 radical (unpaired) electrons. The SMILES string of the molecule is O=C(O)CC(c1cc(Cl)cc(Cl)c1)C(F)F. The van der Waals surface area contributed by atoms with Gasteiger partial charge in [0, 0.05) is 10.0 Å². The Morgan fingerprint density at radius 3 is 2.12 bits per heavy atom. The largest absolute Gasteiger partial charge is 0.481 e. The number of hydrogen-bond donors (Lipinski definition) is 1. The van der Waals surface area contributed by atoms with E-state index in [4.69, 9.17) is 28.3 Å². The summed E-state index contributed by atoms with van der Waals surface area (Å²) in [6.07, 6.45) is -3.43. The Hall–Kier alpha value is -0.870.